The average molecular weight is 288 g/mol. The van der Waals surface area contributed by atoms with Crippen LogP contribution in [0.4, 0.5) is 4.39 Å². The van der Waals surface area contributed by atoms with Gasteiger partial charge in [-0.25, -0.2) is 4.39 Å². The molecule has 0 bridgehead atoms. The summed E-state index contributed by atoms with van der Waals surface area (Å²) in [6.45, 7) is 1.43. The molecule has 1 rings (SSSR count). The number of rotatable bonds is 6. The standard InChI is InChI=1S/C13H17FO4S/c1-8(15)19-7-6-11(16)12(17)9-4-3-5-10(14)13(9)18-2/h3-5,11-12,16-17H,6-7H2,1-2H3. The van der Waals surface area contributed by atoms with Crippen molar-refractivity contribution in [2.45, 2.75) is 25.6 Å². The molecular formula is C13H17FO4S. The third kappa shape index (κ3) is 4.49. The lowest BCUT2D eigenvalue weighted by Gasteiger charge is -2.20. The van der Waals surface area contributed by atoms with Gasteiger partial charge in [-0.1, -0.05) is 23.9 Å². The second kappa shape index (κ2) is 7.47. The van der Waals surface area contributed by atoms with Crippen molar-refractivity contribution >= 4 is 16.9 Å². The number of halogens is 1. The van der Waals surface area contributed by atoms with Gasteiger partial charge in [-0.3, -0.25) is 4.79 Å². The summed E-state index contributed by atoms with van der Waals surface area (Å²) in [6.07, 6.45) is -2.11. The lowest BCUT2D eigenvalue weighted by molar-refractivity contribution is -0.109. The monoisotopic (exact) mass is 288 g/mol. The zero-order chi connectivity index (χ0) is 14.4. The van der Waals surface area contributed by atoms with Crippen LogP contribution in [0.1, 0.15) is 25.0 Å². The summed E-state index contributed by atoms with van der Waals surface area (Å²) in [5.41, 5.74) is 0.197. The van der Waals surface area contributed by atoms with Crippen LogP contribution >= 0.6 is 11.8 Å². The van der Waals surface area contributed by atoms with E-state index in [0.29, 0.717) is 5.75 Å². The van der Waals surface area contributed by atoms with Crippen molar-refractivity contribution in [3.8, 4) is 5.75 Å². The molecule has 0 radical (unpaired) electrons. The molecule has 0 spiro atoms. The van der Waals surface area contributed by atoms with E-state index in [9.17, 15) is 19.4 Å². The van der Waals surface area contributed by atoms with E-state index in [-0.39, 0.29) is 22.8 Å². The Balaban J connectivity index is 2.73. The fourth-order valence-electron chi connectivity index (χ4n) is 1.66. The van der Waals surface area contributed by atoms with E-state index in [2.05, 4.69) is 0 Å². The van der Waals surface area contributed by atoms with Crippen molar-refractivity contribution in [3.05, 3.63) is 29.6 Å². The summed E-state index contributed by atoms with van der Waals surface area (Å²) in [5, 5.41) is 19.8. The van der Waals surface area contributed by atoms with Gasteiger partial charge in [-0.15, -0.1) is 0 Å². The lowest BCUT2D eigenvalue weighted by atomic mass is 10.0. The van der Waals surface area contributed by atoms with E-state index in [4.69, 9.17) is 4.74 Å². The Morgan fingerprint density at radius 3 is 2.74 bits per heavy atom. The maximum Gasteiger partial charge on any atom is 0.185 e. The van der Waals surface area contributed by atoms with Gasteiger partial charge in [-0.2, -0.15) is 0 Å². The van der Waals surface area contributed by atoms with Crippen molar-refractivity contribution in [1.29, 1.82) is 0 Å². The molecule has 106 valence electrons. The van der Waals surface area contributed by atoms with Crippen LogP contribution in [-0.2, 0) is 4.79 Å². The Morgan fingerprint density at radius 1 is 1.47 bits per heavy atom. The topological polar surface area (TPSA) is 66.8 Å². The van der Waals surface area contributed by atoms with Gasteiger partial charge in [0.05, 0.1) is 13.2 Å². The van der Waals surface area contributed by atoms with Crippen LogP contribution in [0.15, 0.2) is 18.2 Å². The first-order valence-corrected chi connectivity index (χ1v) is 6.77. The summed E-state index contributed by atoms with van der Waals surface area (Å²) < 4.78 is 18.4. The molecule has 0 aromatic heterocycles. The first kappa shape index (κ1) is 15.9. The summed E-state index contributed by atoms with van der Waals surface area (Å²) in [7, 11) is 1.30. The van der Waals surface area contributed by atoms with E-state index in [1.807, 2.05) is 0 Å². The predicted molar refractivity (Wildman–Crippen MR) is 71.7 cm³/mol. The van der Waals surface area contributed by atoms with Gasteiger partial charge in [-0.05, 0) is 12.5 Å². The molecule has 0 fully saturated rings. The number of aliphatic hydroxyl groups is 2. The highest BCUT2D eigenvalue weighted by Crippen LogP contribution is 2.30. The zero-order valence-corrected chi connectivity index (χ0v) is 11.6. The molecule has 1 aromatic rings. The van der Waals surface area contributed by atoms with Gasteiger partial charge in [0.2, 0.25) is 0 Å². The number of ether oxygens (including phenoxy) is 1. The van der Waals surface area contributed by atoms with Crippen molar-refractivity contribution in [2.75, 3.05) is 12.9 Å². The minimum atomic E-state index is -1.25. The van der Waals surface area contributed by atoms with Gasteiger partial charge in [0.1, 0.15) is 6.10 Å². The predicted octanol–water partition coefficient (Wildman–Crippen LogP) is 1.90. The van der Waals surface area contributed by atoms with Crippen molar-refractivity contribution in [3.63, 3.8) is 0 Å². The Hall–Kier alpha value is -1.11. The zero-order valence-electron chi connectivity index (χ0n) is 10.8. The molecule has 2 unspecified atom stereocenters. The lowest BCUT2D eigenvalue weighted by Crippen LogP contribution is -2.20. The minimum Gasteiger partial charge on any atom is -0.493 e. The summed E-state index contributed by atoms with van der Waals surface area (Å²) in [5.74, 6) is -0.275. The molecule has 2 atom stereocenters. The number of para-hydroxylation sites is 1. The van der Waals surface area contributed by atoms with Crippen LogP contribution in [0.5, 0.6) is 5.75 Å². The molecule has 0 aliphatic rings. The van der Waals surface area contributed by atoms with Crippen LogP contribution in [0.2, 0.25) is 0 Å². The van der Waals surface area contributed by atoms with Gasteiger partial charge in [0.25, 0.3) is 0 Å². The number of carbonyl (C=O) groups is 1. The molecule has 6 heteroatoms. The number of hydrogen-bond donors (Lipinski definition) is 2. The molecule has 19 heavy (non-hydrogen) atoms. The molecular weight excluding hydrogens is 271 g/mol. The molecule has 4 nitrogen and oxygen atoms in total. The van der Waals surface area contributed by atoms with Gasteiger partial charge >= 0.3 is 0 Å². The fourth-order valence-corrected chi connectivity index (χ4v) is 2.31. The molecule has 1 aromatic carbocycles. The van der Waals surface area contributed by atoms with Crippen LogP contribution in [0.3, 0.4) is 0 Å². The van der Waals surface area contributed by atoms with E-state index < -0.39 is 18.0 Å². The molecule has 0 aliphatic heterocycles. The van der Waals surface area contributed by atoms with E-state index in [1.54, 1.807) is 0 Å². The van der Waals surface area contributed by atoms with E-state index >= 15 is 0 Å². The van der Waals surface area contributed by atoms with Crippen LogP contribution in [0, 0.1) is 5.82 Å². The highest BCUT2D eigenvalue weighted by molar-refractivity contribution is 8.13. The van der Waals surface area contributed by atoms with Crippen molar-refractivity contribution in [2.24, 2.45) is 0 Å². The Kier molecular flexibility index (Phi) is 6.27. The SMILES string of the molecule is COc1c(F)cccc1C(O)C(O)CCSC(C)=O. The minimum absolute atomic E-state index is 0.0509. The number of benzene rings is 1. The third-order valence-electron chi connectivity index (χ3n) is 2.60. The molecule has 0 heterocycles. The van der Waals surface area contributed by atoms with Crippen LogP contribution in [0.25, 0.3) is 0 Å². The highest BCUT2D eigenvalue weighted by Gasteiger charge is 2.23. The summed E-state index contributed by atoms with van der Waals surface area (Å²) >= 11 is 1.07. The van der Waals surface area contributed by atoms with Crippen molar-refractivity contribution < 1.29 is 24.1 Å². The number of methoxy groups -OCH3 is 1. The van der Waals surface area contributed by atoms with Crippen LogP contribution < -0.4 is 4.74 Å². The first-order valence-electron chi connectivity index (χ1n) is 5.79. The Bertz CT molecular complexity index is 439. The quantitative estimate of drug-likeness (QED) is 0.837. The number of aliphatic hydroxyl groups excluding tert-OH is 2. The normalized spacial score (nSPS) is 13.9. The molecule has 0 aliphatic carbocycles. The van der Waals surface area contributed by atoms with Gasteiger partial charge in [0, 0.05) is 18.2 Å². The van der Waals surface area contributed by atoms with E-state index in [0.717, 1.165) is 11.8 Å². The smallest absolute Gasteiger partial charge is 0.185 e. The number of carbonyl (C=O) groups excluding carboxylic acids is 1. The van der Waals surface area contributed by atoms with Crippen LogP contribution in [-0.4, -0.2) is 34.3 Å². The summed E-state index contributed by atoms with van der Waals surface area (Å²) in [4.78, 5) is 10.8. The second-order valence-electron chi connectivity index (χ2n) is 4.00. The first-order chi connectivity index (χ1) is 8.97. The Morgan fingerprint density at radius 2 is 2.16 bits per heavy atom. The van der Waals surface area contributed by atoms with Gasteiger partial charge < -0.3 is 14.9 Å². The summed E-state index contributed by atoms with van der Waals surface area (Å²) in [6, 6.07) is 4.15. The number of hydrogen-bond acceptors (Lipinski definition) is 5. The molecule has 2 N–H and O–H groups in total. The molecule has 0 saturated carbocycles. The molecule has 0 saturated heterocycles. The maximum absolute atomic E-state index is 13.5. The maximum atomic E-state index is 13.5. The average Bonchev–Trinajstić information content (AvgIpc) is 2.37. The van der Waals surface area contributed by atoms with Gasteiger partial charge in [0.15, 0.2) is 16.7 Å². The third-order valence-corrected chi connectivity index (χ3v) is 3.45. The second-order valence-corrected chi connectivity index (χ2v) is 5.28. The Labute approximate surface area is 115 Å². The molecule has 0 amide bonds. The van der Waals surface area contributed by atoms with E-state index in [1.165, 1.54) is 32.2 Å². The number of thioether (sulfide) groups is 1. The largest absolute Gasteiger partial charge is 0.493 e. The highest BCUT2D eigenvalue weighted by atomic mass is 32.2. The fraction of sp³-hybridized carbons (Fsp3) is 0.462. The van der Waals surface area contributed by atoms with Crippen molar-refractivity contribution in [1.82, 2.24) is 0 Å².